The monoisotopic (exact) mass is 246 g/mol. The van der Waals surface area contributed by atoms with E-state index in [1.807, 2.05) is 6.07 Å². The number of carbonyl (C=O) groups excluding carboxylic acids is 1. The molecular weight excluding hydrogens is 224 g/mol. The van der Waals surface area contributed by atoms with Crippen molar-refractivity contribution in [3.63, 3.8) is 0 Å². The highest BCUT2D eigenvalue weighted by atomic mass is 16.5. The Morgan fingerprint density at radius 2 is 1.89 bits per heavy atom. The molecule has 0 heterocycles. The van der Waals surface area contributed by atoms with Crippen molar-refractivity contribution >= 4 is 5.97 Å². The van der Waals surface area contributed by atoms with Crippen LogP contribution in [0.3, 0.4) is 0 Å². The summed E-state index contributed by atoms with van der Waals surface area (Å²) in [6, 6.07) is 10.5. The summed E-state index contributed by atoms with van der Waals surface area (Å²) in [5, 5.41) is 0. The molecule has 1 aromatic carbocycles. The zero-order valence-electron chi connectivity index (χ0n) is 11.1. The lowest BCUT2D eigenvalue weighted by atomic mass is 10.1. The van der Waals surface area contributed by atoms with Gasteiger partial charge in [0.05, 0.1) is 6.61 Å². The zero-order valence-corrected chi connectivity index (χ0v) is 11.1. The number of allylic oxidation sites excluding steroid dienone is 2. The van der Waals surface area contributed by atoms with Gasteiger partial charge in [0.25, 0.3) is 0 Å². The number of benzene rings is 1. The van der Waals surface area contributed by atoms with Crippen molar-refractivity contribution in [3.8, 4) is 0 Å². The maximum atomic E-state index is 10.5. The Balaban J connectivity index is 1.96. The van der Waals surface area contributed by atoms with Crippen LogP contribution in [0.5, 0.6) is 0 Å². The van der Waals surface area contributed by atoms with E-state index in [2.05, 4.69) is 36.4 Å². The fraction of sp³-hybridized carbons (Fsp3) is 0.438. The van der Waals surface area contributed by atoms with Crippen LogP contribution >= 0.6 is 0 Å². The van der Waals surface area contributed by atoms with E-state index < -0.39 is 0 Å². The Morgan fingerprint density at radius 3 is 2.61 bits per heavy atom. The molecule has 2 nitrogen and oxygen atoms in total. The molecule has 0 saturated heterocycles. The summed E-state index contributed by atoms with van der Waals surface area (Å²) in [4.78, 5) is 10.5. The number of carbonyl (C=O) groups is 1. The second kappa shape index (κ2) is 9.46. The smallest absolute Gasteiger partial charge is 0.302 e. The molecule has 0 spiro atoms. The minimum atomic E-state index is -0.183. The molecule has 0 amide bonds. The number of hydrogen-bond acceptors (Lipinski definition) is 2. The summed E-state index contributed by atoms with van der Waals surface area (Å²) in [6.45, 7) is 2.01. The molecule has 0 bridgehead atoms. The van der Waals surface area contributed by atoms with E-state index in [0.29, 0.717) is 6.61 Å². The maximum Gasteiger partial charge on any atom is 0.302 e. The van der Waals surface area contributed by atoms with Crippen LogP contribution in [0.1, 0.15) is 38.2 Å². The van der Waals surface area contributed by atoms with Crippen molar-refractivity contribution in [2.45, 2.75) is 39.0 Å². The van der Waals surface area contributed by atoms with Gasteiger partial charge in [0.2, 0.25) is 0 Å². The lowest BCUT2D eigenvalue weighted by Gasteiger charge is -2.00. The van der Waals surface area contributed by atoms with E-state index in [1.165, 1.54) is 12.5 Å². The van der Waals surface area contributed by atoms with Gasteiger partial charge in [-0.1, -0.05) is 42.5 Å². The third-order valence-electron chi connectivity index (χ3n) is 2.68. The molecule has 1 aromatic rings. The van der Waals surface area contributed by atoms with Crippen molar-refractivity contribution in [2.75, 3.05) is 6.61 Å². The Kier molecular flexibility index (Phi) is 7.61. The molecule has 0 atom stereocenters. The molecule has 18 heavy (non-hydrogen) atoms. The van der Waals surface area contributed by atoms with Crippen LogP contribution < -0.4 is 0 Å². The number of unbranched alkanes of at least 4 members (excludes halogenated alkanes) is 3. The summed E-state index contributed by atoms with van der Waals surface area (Å²) >= 11 is 0. The molecule has 98 valence electrons. The molecule has 0 unspecified atom stereocenters. The first-order valence-electron chi connectivity index (χ1n) is 6.61. The van der Waals surface area contributed by atoms with E-state index in [0.717, 1.165) is 32.1 Å². The molecule has 2 heteroatoms. The topological polar surface area (TPSA) is 26.3 Å². The van der Waals surface area contributed by atoms with Gasteiger partial charge in [-0.2, -0.15) is 0 Å². The summed E-state index contributed by atoms with van der Waals surface area (Å²) in [7, 11) is 0. The van der Waals surface area contributed by atoms with Gasteiger partial charge >= 0.3 is 5.97 Å². The lowest BCUT2D eigenvalue weighted by molar-refractivity contribution is -0.141. The SMILES string of the molecule is CC(=O)OCCCCC/C=C/Cc1ccccc1. The summed E-state index contributed by atoms with van der Waals surface area (Å²) in [5.41, 5.74) is 1.35. The molecule has 0 aromatic heterocycles. The van der Waals surface area contributed by atoms with Crippen molar-refractivity contribution in [1.29, 1.82) is 0 Å². The summed E-state index contributed by atoms with van der Waals surface area (Å²) < 4.78 is 4.87. The summed E-state index contributed by atoms with van der Waals surface area (Å²) in [5.74, 6) is -0.183. The van der Waals surface area contributed by atoms with Crippen molar-refractivity contribution < 1.29 is 9.53 Å². The number of esters is 1. The minimum Gasteiger partial charge on any atom is -0.466 e. The average molecular weight is 246 g/mol. The fourth-order valence-corrected chi connectivity index (χ4v) is 1.71. The van der Waals surface area contributed by atoms with Gasteiger partial charge in [0, 0.05) is 6.92 Å². The van der Waals surface area contributed by atoms with Gasteiger partial charge in [0.15, 0.2) is 0 Å². The van der Waals surface area contributed by atoms with E-state index >= 15 is 0 Å². The van der Waals surface area contributed by atoms with Crippen LogP contribution in [0.2, 0.25) is 0 Å². The summed E-state index contributed by atoms with van der Waals surface area (Å²) in [6.07, 6.45) is 9.81. The first-order valence-corrected chi connectivity index (χ1v) is 6.61. The third-order valence-corrected chi connectivity index (χ3v) is 2.68. The van der Waals surface area contributed by atoms with E-state index in [-0.39, 0.29) is 5.97 Å². The predicted octanol–water partition coefficient (Wildman–Crippen LogP) is 3.91. The lowest BCUT2D eigenvalue weighted by Crippen LogP contribution is -1.99. The third kappa shape index (κ3) is 7.66. The van der Waals surface area contributed by atoms with Crippen molar-refractivity contribution in [2.24, 2.45) is 0 Å². The highest BCUT2D eigenvalue weighted by Gasteiger charge is 1.92. The Morgan fingerprint density at radius 1 is 1.11 bits per heavy atom. The Bertz CT molecular complexity index is 355. The second-order valence-corrected chi connectivity index (χ2v) is 4.35. The quantitative estimate of drug-likeness (QED) is 0.395. The van der Waals surface area contributed by atoms with Gasteiger partial charge in [-0.25, -0.2) is 0 Å². The molecule has 0 radical (unpaired) electrons. The van der Waals surface area contributed by atoms with Gasteiger partial charge in [-0.3, -0.25) is 4.79 Å². The Labute approximate surface area is 110 Å². The molecule has 1 rings (SSSR count). The van der Waals surface area contributed by atoms with Crippen molar-refractivity contribution in [1.82, 2.24) is 0 Å². The Hall–Kier alpha value is -1.57. The van der Waals surface area contributed by atoms with E-state index in [4.69, 9.17) is 4.74 Å². The first-order chi connectivity index (χ1) is 8.79. The number of hydrogen-bond donors (Lipinski definition) is 0. The molecular formula is C16H22O2. The normalized spacial score (nSPS) is 10.7. The highest BCUT2D eigenvalue weighted by Crippen LogP contribution is 2.04. The average Bonchev–Trinajstić information content (AvgIpc) is 2.37. The first kappa shape index (κ1) is 14.5. The molecule has 0 fully saturated rings. The largest absolute Gasteiger partial charge is 0.466 e. The van der Waals surface area contributed by atoms with Crippen LogP contribution in [-0.2, 0) is 16.0 Å². The zero-order chi connectivity index (χ0) is 13.1. The van der Waals surface area contributed by atoms with Crippen LogP contribution in [0.4, 0.5) is 0 Å². The van der Waals surface area contributed by atoms with Gasteiger partial charge < -0.3 is 4.74 Å². The molecule has 0 N–H and O–H groups in total. The number of rotatable bonds is 8. The van der Waals surface area contributed by atoms with Crippen LogP contribution in [0.15, 0.2) is 42.5 Å². The van der Waals surface area contributed by atoms with Gasteiger partial charge in [-0.15, -0.1) is 0 Å². The molecule has 0 aliphatic carbocycles. The van der Waals surface area contributed by atoms with Crippen LogP contribution in [-0.4, -0.2) is 12.6 Å². The van der Waals surface area contributed by atoms with Crippen LogP contribution in [0, 0.1) is 0 Å². The highest BCUT2D eigenvalue weighted by molar-refractivity contribution is 5.65. The second-order valence-electron chi connectivity index (χ2n) is 4.35. The van der Waals surface area contributed by atoms with Crippen molar-refractivity contribution in [3.05, 3.63) is 48.0 Å². The molecule has 0 aliphatic heterocycles. The molecule has 0 saturated carbocycles. The fourth-order valence-electron chi connectivity index (χ4n) is 1.71. The van der Waals surface area contributed by atoms with Gasteiger partial charge in [-0.05, 0) is 37.7 Å². The maximum absolute atomic E-state index is 10.5. The standard InChI is InChI=1S/C16H22O2/c1-15(17)18-14-10-5-3-2-4-7-11-16-12-8-6-9-13-16/h4,6-9,12-13H,2-3,5,10-11,14H2,1H3/b7-4+. The van der Waals surface area contributed by atoms with E-state index in [1.54, 1.807) is 0 Å². The van der Waals surface area contributed by atoms with Crippen LogP contribution in [0.25, 0.3) is 0 Å². The predicted molar refractivity (Wildman–Crippen MR) is 74.4 cm³/mol. The molecule has 0 aliphatic rings. The van der Waals surface area contributed by atoms with E-state index in [9.17, 15) is 4.79 Å². The number of ether oxygens (including phenoxy) is 1. The minimum absolute atomic E-state index is 0.183. The van der Waals surface area contributed by atoms with Gasteiger partial charge in [0.1, 0.15) is 0 Å².